The van der Waals surface area contributed by atoms with Gasteiger partial charge in [-0.1, -0.05) is 31.6 Å². The maximum atomic E-state index is 13.2. The molecule has 0 saturated heterocycles. The summed E-state index contributed by atoms with van der Waals surface area (Å²) in [6.07, 6.45) is 6.36. The number of amides is 1. The summed E-state index contributed by atoms with van der Waals surface area (Å²) in [6.45, 7) is 5.00. The number of nitrogens with zero attached hydrogens (tertiary/aromatic N) is 2. The molecular formula is C22H31N3O3. The summed E-state index contributed by atoms with van der Waals surface area (Å²) < 4.78 is 6.12. The van der Waals surface area contributed by atoms with Crippen LogP contribution in [0, 0.1) is 23.7 Å². The van der Waals surface area contributed by atoms with Crippen LogP contribution in [0.15, 0.2) is 12.3 Å². The number of hydrogen-bond acceptors (Lipinski definition) is 5. The highest BCUT2D eigenvalue weighted by molar-refractivity contribution is 5.97. The largest absolute Gasteiger partial charge is 0.472 e. The van der Waals surface area contributed by atoms with Crippen LogP contribution in [0.1, 0.15) is 55.5 Å². The van der Waals surface area contributed by atoms with Gasteiger partial charge in [0, 0.05) is 36.7 Å². The maximum Gasteiger partial charge on any atom is 0.259 e. The van der Waals surface area contributed by atoms with Crippen molar-refractivity contribution in [3.8, 4) is 17.7 Å². The highest BCUT2D eigenvalue weighted by Crippen LogP contribution is 2.27. The normalized spacial score (nSPS) is 23.9. The molecule has 3 atom stereocenters. The molecular weight excluding hydrogens is 354 g/mol. The van der Waals surface area contributed by atoms with Crippen molar-refractivity contribution < 1.29 is 14.6 Å². The van der Waals surface area contributed by atoms with E-state index in [0.717, 1.165) is 18.4 Å². The average Bonchev–Trinajstić information content (AvgIpc) is 3.22. The lowest BCUT2D eigenvalue weighted by atomic mass is 10.00. The molecule has 6 nitrogen and oxygen atoms in total. The zero-order valence-electron chi connectivity index (χ0n) is 17.1. The molecule has 0 radical (unpaired) electrons. The smallest absolute Gasteiger partial charge is 0.259 e. The van der Waals surface area contributed by atoms with E-state index in [-0.39, 0.29) is 30.6 Å². The quantitative estimate of drug-likeness (QED) is 0.776. The first kappa shape index (κ1) is 20.6. The molecule has 28 heavy (non-hydrogen) atoms. The highest BCUT2D eigenvalue weighted by atomic mass is 16.5. The Morgan fingerprint density at radius 2 is 2.18 bits per heavy atom. The van der Waals surface area contributed by atoms with Crippen LogP contribution in [0.3, 0.4) is 0 Å². The number of likely N-dealkylation sites (N-methyl/N-ethyl adjacent to an activating group) is 1. The minimum Gasteiger partial charge on any atom is -0.472 e. The summed E-state index contributed by atoms with van der Waals surface area (Å²) >= 11 is 0. The van der Waals surface area contributed by atoms with E-state index in [1.807, 2.05) is 14.0 Å². The van der Waals surface area contributed by atoms with Crippen LogP contribution in [-0.2, 0) is 0 Å². The lowest BCUT2D eigenvalue weighted by Crippen LogP contribution is -2.49. The molecule has 1 fully saturated rings. The second-order valence-corrected chi connectivity index (χ2v) is 8.01. The third-order valence-electron chi connectivity index (χ3n) is 5.70. The number of pyridine rings is 1. The lowest BCUT2D eigenvalue weighted by molar-refractivity contribution is 0.0404. The van der Waals surface area contributed by atoms with Crippen LogP contribution in [0.2, 0.25) is 0 Å². The van der Waals surface area contributed by atoms with Crippen LogP contribution < -0.4 is 10.1 Å². The van der Waals surface area contributed by atoms with Crippen molar-refractivity contribution in [3.63, 3.8) is 0 Å². The molecule has 1 saturated carbocycles. The van der Waals surface area contributed by atoms with Gasteiger partial charge in [0.25, 0.3) is 5.91 Å². The Morgan fingerprint density at radius 1 is 1.43 bits per heavy atom. The molecule has 0 unspecified atom stereocenters. The van der Waals surface area contributed by atoms with Crippen molar-refractivity contribution in [2.75, 3.05) is 26.7 Å². The zero-order valence-corrected chi connectivity index (χ0v) is 17.1. The van der Waals surface area contributed by atoms with Crippen molar-refractivity contribution in [2.24, 2.45) is 11.8 Å². The third-order valence-corrected chi connectivity index (χ3v) is 5.70. The number of nitrogens with one attached hydrogen (secondary N) is 1. The molecule has 2 heterocycles. The third kappa shape index (κ3) is 4.65. The van der Waals surface area contributed by atoms with Crippen LogP contribution in [0.4, 0.5) is 0 Å². The van der Waals surface area contributed by atoms with E-state index in [2.05, 4.69) is 29.1 Å². The Morgan fingerprint density at radius 3 is 2.86 bits per heavy atom. The average molecular weight is 386 g/mol. The number of aliphatic hydroxyl groups excluding tert-OH is 1. The van der Waals surface area contributed by atoms with Gasteiger partial charge in [0.05, 0.1) is 12.6 Å². The summed E-state index contributed by atoms with van der Waals surface area (Å²) in [5, 5.41) is 12.8. The van der Waals surface area contributed by atoms with Crippen molar-refractivity contribution in [1.29, 1.82) is 0 Å². The first-order valence-electron chi connectivity index (χ1n) is 10.3. The minimum atomic E-state index is -0.274. The molecule has 2 N–H and O–H groups in total. The number of aliphatic hydroxyl groups is 1. The van der Waals surface area contributed by atoms with E-state index in [4.69, 9.17) is 4.74 Å². The predicted octanol–water partition coefficient (Wildman–Crippen LogP) is 2.06. The van der Waals surface area contributed by atoms with E-state index < -0.39 is 0 Å². The van der Waals surface area contributed by atoms with Crippen LogP contribution in [0.5, 0.6) is 5.88 Å². The Balaban J connectivity index is 1.95. The number of carbonyl (C=O) groups excluding carboxylic acids is 1. The SMILES string of the molecule is CNC[C@H]1Oc2ncc(C#CC3CCCC3)cc2C(=O)N([C@@H](C)CO)C[C@H]1C. The van der Waals surface area contributed by atoms with Gasteiger partial charge in [-0.3, -0.25) is 4.79 Å². The topological polar surface area (TPSA) is 74.7 Å². The van der Waals surface area contributed by atoms with E-state index in [9.17, 15) is 9.90 Å². The van der Waals surface area contributed by atoms with Gasteiger partial charge in [-0.05, 0) is 32.9 Å². The zero-order chi connectivity index (χ0) is 20.1. The molecule has 3 rings (SSSR count). The van der Waals surface area contributed by atoms with Gasteiger partial charge in [-0.2, -0.15) is 0 Å². The number of carbonyl (C=O) groups is 1. The van der Waals surface area contributed by atoms with Gasteiger partial charge in [-0.25, -0.2) is 4.98 Å². The maximum absolute atomic E-state index is 13.2. The Kier molecular flexibility index (Phi) is 6.93. The van der Waals surface area contributed by atoms with Gasteiger partial charge in [0.15, 0.2) is 0 Å². The second-order valence-electron chi connectivity index (χ2n) is 8.01. The van der Waals surface area contributed by atoms with Crippen LogP contribution in [-0.4, -0.2) is 59.8 Å². The van der Waals surface area contributed by atoms with Crippen molar-refractivity contribution >= 4 is 5.91 Å². The van der Waals surface area contributed by atoms with E-state index >= 15 is 0 Å². The van der Waals surface area contributed by atoms with Gasteiger partial charge < -0.3 is 20.1 Å². The monoisotopic (exact) mass is 385 g/mol. The Bertz CT molecular complexity index is 749. The molecule has 0 aromatic carbocycles. The summed E-state index contributed by atoms with van der Waals surface area (Å²) in [6, 6.07) is 1.51. The Hall–Kier alpha value is -2.10. The molecule has 1 aromatic rings. The van der Waals surface area contributed by atoms with Crippen molar-refractivity contribution in [1.82, 2.24) is 15.2 Å². The number of ether oxygens (including phenoxy) is 1. The summed E-state index contributed by atoms with van der Waals surface area (Å²) in [5.41, 5.74) is 1.16. The fraction of sp³-hybridized carbons (Fsp3) is 0.636. The molecule has 1 aliphatic carbocycles. The molecule has 1 amide bonds. The summed E-state index contributed by atoms with van der Waals surface area (Å²) in [4.78, 5) is 19.4. The number of aromatic nitrogens is 1. The van der Waals surface area contributed by atoms with E-state index in [1.54, 1.807) is 17.2 Å². The molecule has 0 bridgehead atoms. The Labute approximate surface area is 167 Å². The first-order chi connectivity index (χ1) is 13.5. The van der Waals surface area contributed by atoms with Crippen molar-refractivity contribution in [3.05, 3.63) is 23.4 Å². The van der Waals surface area contributed by atoms with Gasteiger partial charge >= 0.3 is 0 Å². The molecule has 6 heteroatoms. The van der Waals surface area contributed by atoms with Crippen molar-refractivity contribution in [2.45, 2.75) is 51.7 Å². The predicted molar refractivity (Wildman–Crippen MR) is 108 cm³/mol. The summed E-state index contributed by atoms with van der Waals surface area (Å²) in [5.74, 6) is 7.25. The van der Waals surface area contributed by atoms with Crippen LogP contribution >= 0.6 is 0 Å². The van der Waals surface area contributed by atoms with E-state index in [1.165, 1.54) is 12.8 Å². The first-order valence-corrected chi connectivity index (χ1v) is 10.3. The highest BCUT2D eigenvalue weighted by Gasteiger charge is 2.33. The molecule has 152 valence electrons. The molecule has 1 aromatic heterocycles. The molecule has 0 spiro atoms. The fourth-order valence-electron chi connectivity index (χ4n) is 3.87. The summed E-state index contributed by atoms with van der Waals surface area (Å²) in [7, 11) is 1.88. The number of hydrogen-bond donors (Lipinski definition) is 2. The van der Waals surface area contributed by atoms with Gasteiger partial charge in [0.1, 0.15) is 11.7 Å². The van der Waals surface area contributed by atoms with E-state index in [0.29, 0.717) is 30.5 Å². The number of rotatable bonds is 4. The van der Waals surface area contributed by atoms with Gasteiger partial charge in [-0.15, -0.1) is 0 Å². The fourth-order valence-corrected chi connectivity index (χ4v) is 3.87. The molecule has 2 aliphatic rings. The lowest BCUT2D eigenvalue weighted by Gasteiger charge is -2.36. The number of fused-ring (bicyclic) bond motifs is 1. The van der Waals surface area contributed by atoms with Gasteiger partial charge in [0.2, 0.25) is 5.88 Å². The molecule has 1 aliphatic heterocycles. The van der Waals surface area contributed by atoms with Crippen LogP contribution in [0.25, 0.3) is 0 Å². The second kappa shape index (κ2) is 9.40. The standard InChI is InChI=1S/C22H31N3O3/c1-15-13-25(16(2)14-26)22(27)19-10-18(9-8-17-6-4-5-7-17)11-24-21(19)28-20(15)12-23-3/h10-11,15-17,20,23,26H,4-7,12-14H2,1-3H3/t15-,16+,20-/m1/s1. The minimum absolute atomic E-state index is 0.0834.